The van der Waals surface area contributed by atoms with E-state index in [1.54, 1.807) is 0 Å². The number of aliphatic hydroxyl groups is 1. The molecular formula is C21H24BrNO. The standard InChI is InChI=1S/C21H24BrNO/c22-18-8-4-7-16(11-18)21(24)14-23-19-9-10-20(23)13-17(12-19)15-5-2-1-3-6-15/h1-8,11,17,19-21,24H,9-10,12-14H2/t17?,19?,20?,21-/m0/s1. The molecule has 2 aliphatic heterocycles. The molecule has 3 atom stereocenters. The van der Waals surface area contributed by atoms with Crippen molar-refractivity contribution in [3.63, 3.8) is 0 Å². The normalized spacial score (nSPS) is 28.0. The molecule has 2 saturated heterocycles. The molecule has 24 heavy (non-hydrogen) atoms. The van der Waals surface area contributed by atoms with E-state index in [1.807, 2.05) is 24.3 Å². The maximum Gasteiger partial charge on any atom is 0.0917 e. The zero-order valence-corrected chi connectivity index (χ0v) is 15.4. The van der Waals surface area contributed by atoms with Crippen LogP contribution in [-0.2, 0) is 0 Å². The van der Waals surface area contributed by atoms with Crippen molar-refractivity contribution < 1.29 is 5.11 Å². The summed E-state index contributed by atoms with van der Waals surface area (Å²) in [6, 6.07) is 20.3. The van der Waals surface area contributed by atoms with Crippen molar-refractivity contribution in [2.24, 2.45) is 0 Å². The van der Waals surface area contributed by atoms with E-state index in [-0.39, 0.29) is 0 Å². The van der Waals surface area contributed by atoms with Crippen LogP contribution in [0.3, 0.4) is 0 Å². The molecule has 0 aromatic heterocycles. The summed E-state index contributed by atoms with van der Waals surface area (Å²) >= 11 is 3.50. The molecular weight excluding hydrogens is 362 g/mol. The van der Waals surface area contributed by atoms with Gasteiger partial charge in [0.25, 0.3) is 0 Å². The molecule has 126 valence electrons. The quantitative estimate of drug-likeness (QED) is 0.809. The molecule has 2 heterocycles. The first-order valence-electron chi connectivity index (χ1n) is 8.95. The highest BCUT2D eigenvalue weighted by Gasteiger charge is 2.41. The largest absolute Gasteiger partial charge is 0.387 e. The van der Waals surface area contributed by atoms with E-state index in [4.69, 9.17) is 0 Å². The number of nitrogens with zero attached hydrogens (tertiary/aromatic N) is 1. The van der Waals surface area contributed by atoms with Crippen LogP contribution in [0.25, 0.3) is 0 Å². The molecule has 0 saturated carbocycles. The van der Waals surface area contributed by atoms with Crippen LogP contribution < -0.4 is 0 Å². The molecule has 4 rings (SSSR count). The number of hydrogen-bond acceptors (Lipinski definition) is 2. The SMILES string of the molecule is O[C@@H](CN1C2CCC1CC(c1ccccc1)C2)c1cccc(Br)c1. The Morgan fingerprint density at radius 2 is 1.71 bits per heavy atom. The summed E-state index contributed by atoms with van der Waals surface area (Å²) < 4.78 is 1.03. The van der Waals surface area contributed by atoms with Gasteiger partial charge in [0.1, 0.15) is 0 Å². The van der Waals surface area contributed by atoms with Crippen LogP contribution in [0.4, 0.5) is 0 Å². The Morgan fingerprint density at radius 1 is 1.00 bits per heavy atom. The van der Waals surface area contributed by atoms with Crippen LogP contribution in [0.15, 0.2) is 59.1 Å². The minimum Gasteiger partial charge on any atom is -0.387 e. The second-order valence-corrected chi connectivity index (χ2v) is 8.15. The molecule has 2 unspecified atom stereocenters. The molecule has 0 aliphatic carbocycles. The predicted molar refractivity (Wildman–Crippen MR) is 101 cm³/mol. The third-order valence-electron chi connectivity index (χ3n) is 5.77. The van der Waals surface area contributed by atoms with Gasteiger partial charge in [0.15, 0.2) is 0 Å². The highest BCUT2D eigenvalue weighted by Crippen LogP contribution is 2.43. The van der Waals surface area contributed by atoms with Gasteiger partial charge >= 0.3 is 0 Å². The van der Waals surface area contributed by atoms with Crippen LogP contribution in [0.5, 0.6) is 0 Å². The van der Waals surface area contributed by atoms with Gasteiger partial charge in [0.2, 0.25) is 0 Å². The fraction of sp³-hybridized carbons (Fsp3) is 0.429. The van der Waals surface area contributed by atoms with Gasteiger partial charge in [-0.3, -0.25) is 4.90 Å². The van der Waals surface area contributed by atoms with Crippen molar-refractivity contribution in [2.45, 2.75) is 49.8 Å². The summed E-state index contributed by atoms with van der Waals surface area (Å²) in [5, 5.41) is 10.7. The smallest absolute Gasteiger partial charge is 0.0917 e. The molecule has 0 spiro atoms. The van der Waals surface area contributed by atoms with Crippen LogP contribution in [0, 0.1) is 0 Å². The molecule has 1 N–H and O–H groups in total. The lowest BCUT2D eigenvalue weighted by molar-refractivity contribution is 0.0557. The first-order valence-corrected chi connectivity index (χ1v) is 9.74. The summed E-state index contributed by atoms with van der Waals surface area (Å²) in [5.41, 5.74) is 2.50. The third-order valence-corrected chi connectivity index (χ3v) is 6.27. The Hall–Kier alpha value is -1.16. The van der Waals surface area contributed by atoms with Gasteiger partial charge in [0, 0.05) is 23.1 Å². The number of piperidine rings is 1. The lowest BCUT2D eigenvalue weighted by Gasteiger charge is -2.40. The van der Waals surface area contributed by atoms with Crippen molar-refractivity contribution >= 4 is 15.9 Å². The lowest BCUT2D eigenvalue weighted by atomic mass is 9.85. The van der Waals surface area contributed by atoms with Crippen molar-refractivity contribution in [3.05, 3.63) is 70.2 Å². The van der Waals surface area contributed by atoms with Crippen LogP contribution in [0.2, 0.25) is 0 Å². The molecule has 2 aromatic rings. The average Bonchev–Trinajstić information content (AvgIpc) is 2.83. The number of aliphatic hydroxyl groups excluding tert-OH is 1. The third kappa shape index (κ3) is 3.30. The van der Waals surface area contributed by atoms with Gasteiger partial charge in [-0.1, -0.05) is 58.4 Å². The Kier molecular flexibility index (Phi) is 4.75. The second-order valence-electron chi connectivity index (χ2n) is 7.23. The molecule has 2 aromatic carbocycles. The molecule has 0 amide bonds. The van der Waals surface area contributed by atoms with Gasteiger partial charge < -0.3 is 5.11 Å². The minimum absolute atomic E-state index is 0.404. The molecule has 3 heteroatoms. The maximum atomic E-state index is 10.7. The fourth-order valence-corrected chi connectivity index (χ4v) is 5.01. The molecule has 2 bridgehead atoms. The Labute approximate surface area is 152 Å². The molecule has 0 radical (unpaired) electrons. The van der Waals surface area contributed by atoms with E-state index in [1.165, 1.54) is 31.2 Å². The van der Waals surface area contributed by atoms with E-state index in [2.05, 4.69) is 51.2 Å². The minimum atomic E-state index is -0.404. The average molecular weight is 386 g/mol. The molecule has 2 fully saturated rings. The zero-order valence-electron chi connectivity index (χ0n) is 13.8. The Bertz CT molecular complexity index is 675. The summed E-state index contributed by atoms with van der Waals surface area (Å²) in [6.07, 6.45) is 4.61. The van der Waals surface area contributed by atoms with E-state index in [0.717, 1.165) is 16.6 Å². The first-order chi connectivity index (χ1) is 11.7. The van der Waals surface area contributed by atoms with Crippen molar-refractivity contribution in [3.8, 4) is 0 Å². The van der Waals surface area contributed by atoms with E-state index in [9.17, 15) is 5.11 Å². The molecule has 2 nitrogen and oxygen atoms in total. The van der Waals surface area contributed by atoms with E-state index in [0.29, 0.717) is 18.0 Å². The summed E-state index contributed by atoms with van der Waals surface area (Å²) in [7, 11) is 0. The summed E-state index contributed by atoms with van der Waals surface area (Å²) in [5.74, 6) is 0.683. The number of fused-ring (bicyclic) bond motifs is 2. The summed E-state index contributed by atoms with van der Waals surface area (Å²) in [6.45, 7) is 0.757. The van der Waals surface area contributed by atoms with Gasteiger partial charge in [-0.2, -0.15) is 0 Å². The maximum absolute atomic E-state index is 10.7. The number of rotatable bonds is 4. The zero-order chi connectivity index (χ0) is 16.5. The highest BCUT2D eigenvalue weighted by molar-refractivity contribution is 9.10. The number of benzene rings is 2. The highest BCUT2D eigenvalue weighted by atomic mass is 79.9. The number of hydrogen-bond donors (Lipinski definition) is 1. The van der Waals surface area contributed by atoms with Gasteiger partial charge in [0.05, 0.1) is 6.10 Å². The van der Waals surface area contributed by atoms with E-state index < -0.39 is 6.10 Å². The van der Waals surface area contributed by atoms with Crippen LogP contribution in [-0.4, -0.2) is 28.6 Å². The number of halogens is 1. The van der Waals surface area contributed by atoms with Crippen molar-refractivity contribution in [2.75, 3.05) is 6.54 Å². The van der Waals surface area contributed by atoms with Gasteiger partial charge in [-0.25, -0.2) is 0 Å². The lowest BCUT2D eigenvalue weighted by Crippen LogP contribution is -2.44. The van der Waals surface area contributed by atoms with Crippen LogP contribution >= 0.6 is 15.9 Å². The first kappa shape index (κ1) is 16.3. The topological polar surface area (TPSA) is 23.5 Å². The van der Waals surface area contributed by atoms with Crippen molar-refractivity contribution in [1.82, 2.24) is 4.90 Å². The van der Waals surface area contributed by atoms with Gasteiger partial charge in [-0.15, -0.1) is 0 Å². The summed E-state index contributed by atoms with van der Waals surface area (Å²) in [4.78, 5) is 2.57. The van der Waals surface area contributed by atoms with Gasteiger partial charge in [-0.05, 0) is 54.9 Å². The molecule has 2 aliphatic rings. The monoisotopic (exact) mass is 385 g/mol. The predicted octanol–water partition coefficient (Wildman–Crippen LogP) is 4.89. The van der Waals surface area contributed by atoms with Crippen molar-refractivity contribution in [1.29, 1.82) is 0 Å². The second kappa shape index (κ2) is 6.99. The van der Waals surface area contributed by atoms with E-state index >= 15 is 0 Å². The van der Waals surface area contributed by atoms with Crippen LogP contribution in [0.1, 0.15) is 48.8 Å². The Morgan fingerprint density at radius 3 is 2.38 bits per heavy atom. The fourth-order valence-electron chi connectivity index (χ4n) is 4.59. The Balaban J connectivity index is 1.45.